The van der Waals surface area contributed by atoms with Gasteiger partial charge in [-0.25, -0.2) is 0 Å². The Morgan fingerprint density at radius 2 is 2.08 bits per heavy atom. The smallest absolute Gasteiger partial charge is 0.136 e. The maximum atomic E-state index is 5.86. The van der Waals surface area contributed by atoms with Crippen molar-refractivity contribution in [2.45, 2.75) is 13.0 Å². The molecule has 0 bridgehead atoms. The predicted molar refractivity (Wildman–Crippen MR) is 58.0 cm³/mol. The molecule has 1 aliphatic heterocycles. The molecule has 0 saturated carbocycles. The summed E-state index contributed by atoms with van der Waals surface area (Å²) < 4.78 is 0. The van der Waals surface area contributed by atoms with E-state index in [1.165, 1.54) is 0 Å². The van der Waals surface area contributed by atoms with Gasteiger partial charge < -0.3 is 9.80 Å². The van der Waals surface area contributed by atoms with E-state index in [1.54, 1.807) is 0 Å². The molecular weight excluding hydrogens is 157 g/mol. The summed E-state index contributed by atoms with van der Waals surface area (Å²) in [6, 6.07) is 0.316. The van der Waals surface area contributed by atoms with Crippen molar-refractivity contribution >= 4 is 23.5 Å². The summed E-state index contributed by atoms with van der Waals surface area (Å²) in [5.41, 5.74) is 1.33. The predicted octanol–water partition coefficient (Wildman–Crippen LogP) is -0.746. The van der Waals surface area contributed by atoms with Crippen molar-refractivity contribution in [2.24, 2.45) is 0 Å². The van der Waals surface area contributed by atoms with Crippen LogP contribution in [0.2, 0.25) is 0 Å². The zero-order valence-electron chi connectivity index (χ0n) is 8.33. The molecule has 0 aromatic carbocycles. The van der Waals surface area contributed by atoms with Crippen molar-refractivity contribution in [3.05, 3.63) is 11.1 Å². The molecule has 64 valence electrons. The average Bonchev–Trinajstić information content (AvgIpc) is 2.11. The van der Waals surface area contributed by atoms with Gasteiger partial charge in [-0.1, -0.05) is 11.1 Å². The summed E-state index contributed by atoms with van der Waals surface area (Å²) >= 11 is 0. The van der Waals surface area contributed by atoms with Crippen LogP contribution in [0.1, 0.15) is 6.92 Å². The molecule has 2 nitrogen and oxygen atoms in total. The van der Waals surface area contributed by atoms with Crippen LogP contribution in [0.4, 0.5) is 0 Å². The fourth-order valence-corrected chi connectivity index (χ4v) is 1.69. The van der Waals surface area contributed by atoms with Crippen LogP contribution in [-0.4, -0.2) is 66.0 Å². The van der Waals surface area contributed by atoms with Crippen LogP contribution < -0.4 is 0 Å². The first-order valence-corrected chi connectivity index (χ1v) is 4.45. The van der Waals surface area contributed by atoms with E-state index in [2.05, 4.69) is 11.8 Å². The van der Waals surface area contributed by atoms with Gasteiger partial charge in [-0.15, -0.1) is 0 Å². The summed E-state index contributed by atoms with van der Waals surface area (Å²) in [5.74, 6) is 0. The zero-order chi connectivity index (χ0) is 10.0. The van der Waals surface area contributed by atoms with E-state index < -0.39 is 0 Å². The Balaban J connectivity index is 2.88. The Hall–Kier alpha value is -0.305. The van der Waals surface area contributed by atoms with E-state index in [9.17, 15) is 0 Å². The Morgan fingerprint density at radius 3 is 2.62 bits per heavy atom. The van der Waals surface area contributed by atoms with Crippen molar-refractivity contribution in [3.8, 4) is 0 Å². The van der Waals surface area contributed by atoms with E-state index >= 15 is 0 Å². The largest absolute Gasteiger partial charge is 0.390 e. The third-order valence-corrected chi connectivity index (χ3v) is 2.38. The van der Waals surface area contributed by atoms with Gasteiger partial charge in [0.15, 0.2) is 0 Å². The highest BCUT2D eigenvalue weighted by Gasteiger charge is 2.19. The second kappa shape index (κ2) is 4.27. The van der Waals surface area contributed by atoms with Gasteiger partial charge in [-0.3, -0.25) is 0 Å². The number of hydrogen-bond donors (Lipinski definition) is 0. The van der Waals surface area contributed by atoms with Crippen LogP contribution >= 0.6 is 0 Å². The molecule has 1 rings (SSSR count). The van der Waals surface area contributed by atoms with Gasteiger partial charge in [0.2, 0.25) is 0 Å². The Kier molecular flexibility index (Phi) is 3.54. The Bertz CT molecular complexity index is 217. The van der Waals surface area contributed by atoms with E-state index in [4.69, 9.17) is 23.5 Å². The molecule has 6 radical (unpaired) electrons. The van der Waals surface area contributed by atoms with Gasteiger partial charge in [0, 0.05) is 19.1 Å². The highest BCUT2D eigenvalue weighted by atomic mass is 15.2. The van der Waals surface area contributed by atoms with Gasteiger partial charge in [0.25, 0.3) is 0 Å². The fourth-order valence-electron chi connectivity index (χ4n) is 1.69. The third-order valence-electron chi connectivity index (χ3n) is 2.38. The van der Waals surface area contributed by atoms with Crippen molar-refractivity contribution in [1.29, 1.82) is 0 Å². The molecule has 1 atom stereocenters. The SMILES string of the molecule is [B]CN1C([B])=C([B])CN(C)CC1C. The molecule has 13 heavy (non-hydrogen) atoms. The van der Waals surface area contributed by atoms with Crippen molar-refractivity contribution in [3.63, 3.8) is 0 Å². The lowest BCUT2D eigenvalue weighted by Gasteiger charge is -2.31. The van der Waals surface area contributed by atoms with Crippen molar-refractivity contribution < 1.29 is 0 Å². The summed E-state index contributed by atoms with van der Waals surface area (Å²) in [4.78, 5) is 4.07. The van der Waals surface area contributed by atoms with Gasteiger partial charge in [-0.2, -0.15) is 0 Å². The monoisotopic (exact) mass is 170 g/mol. The van der Waals surface area contributed by atoms with Crippen LogP contribution in [0.15, 0.2) is 11.1 Å². The third kappa shape index (κ3) is 2.34. The first kappa shape index (κ1) is 10.8. The Morgan fingerprint density at radius 1 is 1.46 bits per heavy atom. The fraction of sp³-hybridized carbons (Fsp3) is 0.750. The van der Waals surface area contributed by atoms with Gasteiger partial charge in [-0.05, 0) is 20.4 Å². The molecule has 0 N–H and O–H groups in total. The minimum atomic E-state index is 0.316. The lowest BCUT2D eigenvalue weighted by molar-refractivity contribution is 0.255. The van der Waals surface area contributed by atoms with Crippen LogP contribution in [0, 0.1) is 0 Å². The number of nitrogens with zero attached hydrogens (tertiary/aromatic N) is 2. The van der Waals surface area contributed by atoms with Crippen LogP contribution in [0.5, 0.6) is 0 Å². The van der Waals surface area contributed by atoms with Crippen LogP contribution in [-0.2, 0) is 0 Å². The summed E-state index contributed by atoms with van der Waals surface area (Å²) in [6.07, 6.45) is 0.418. The zero-order valence-corrected chi connectivity index (χ0v) is 8.33. The quantitative estimate of drug-likeness (QED) is 0.477. The molecule has 1 unspecified atom stereocenters. The minimum absolute atomic E-state index is 0.316. The summed E-state index contributed by atoms with van der Waals surface area (Å²) in [7, 11) is 19.3. The average molecular weight is 170 g/mol. The first-order valence-electron chi connectivity index (χ1n) is 4.45. The number of hydrogen-bond acceptors (Lipinski definition) is 2. The molecule has 0 aromatic rings. The maximum Gasteiger partial charge on any atom is 0.136 e. The van der Waals surface area contributed by atoms with Crippen molar-refractivity contribution in [2.75, 3.05) is 26.6 Å². The molecule has 1 aliphatic rings. The molecule has 1 heterocycles. The molecule has 0 fully saturated rings. The van der Waals surface area contributed by atoms with E-state index in [1.807, 2.05) is 11.9 Å². The molecule has 0 saturated heterocycles. The second-order valence-corrected chi connectivity index (χ2v) is 3.61. The lowest BCUT2D eigenvalue weighted by Crippen LogP contribution is -2.38. The highest BCUT2D eigenvalue weighted by Crippen LogP contribution is 2.14. The standard InChI is InChI=1S/C8H13B3N2/c1-6-3-12(2)4-7(10)8(11)13(6)5-9/h6H,3-5H2,1-2H3. The first-order chi connectivity index (χ1) is 6.06. The van der Waals surface area contributed by atoms with Gasteiger partial charge in [0.05, 0.1) is 7.85 Å². The lowest BCUT2D eigenvalue weighted by atomic mass is 9.83. The number of rotatable bonds is 1. The van der Waals surface area contributed by atoms with Crippen molar-refractivity contribution in [1.82, 2.24) is 9.80 Å². The van der Waals surface area contributed by atoms with E-state index in [0.29, 0.717) is 30.1 Å². The summed E-state index contributed by atoms with van der Waals surface area (Å²) in [5, 5.41) is 0. The topological polar surface area (TPSA) is 6.48 Å². The van der Waals surface area contributed by atoms with Crippen LogP contribution in [0.25, 0.3) is 0 Å². The molecule has 0 amide bonds. The molecule has 0 aliphatic carbocycles. The van der Waals surface area contributed by atoms with Crippen LogP contribution in [0.3, 0.4) is 0 Å². The maximum absolute atomic E-state index is 5.86. The highest BCUT2D eigenvalue weighted by molar-refractivity contribution is 6.31. The second-order valence-electron chi connectivity index (χ2n) is 3.61. The van der Waals surface area contributed by atoms with Gasteiger partial charge in [0.1, 0.15) is 15.7 Å². The Labute approximate surface area is 84.6 Å². The van der Waals surface area contributed by atoms with E-state index in [0.717, 1.165) is 6.54 Å². The van der Waals surface area contributed by atoms with Gasteiger partial charge >= 0.3 is 0 Å². The molecule has 0 aromatic heterocycles. The minimum Gasteiger partial charge on any atom is -0.390 e. The molecule has 0 spiro atoms. The normalized spacial score (nSPS) is 26.3. The molecule has 5 heteroatoms. The molecular formula is C8H13B3N2. The van der Waals surface area contributed by atoms with E-state index in [-0.39, 0.29) is 0 Å². The number of likely N-dealkylation sites (N-methyl/N-ethyl adjacent to an activating group) is 1. The summed E-state index contributed by atoms with van der Waals surface area (Å²) in [6.45, 7) is 3.74.